The number of likely N-dealkylation sites (tertiary alicyclic amines) is 1. The van der Waals surface area contributed by atoms with Crippen molar-refractivity contribution in [3.05, 3.63) is 54.4 Å². The Labute approximate surface area is 241 Å². The molecule has 0 aromatic carbocycles. The van der Waals surface area contributed by atoms with E-state index in [-0.39, 0.29) is 17.4 Å². The molecule has 2 aliphatic rings. The van der Waals surface area contributed by atoms with Gasteiger partial charge in [0.2, 0.25) is 0 Å². The number of nitrogens with one attached hydrogen (secondary N) is 3. The summed E-state index contributed by atoms with van der Waals surface area (Å²) in [6.45, 7) is 4.59. The van der Waals surface area contributed by atoms with Gasteiger partial charge in [0.1, 0.15) is 23.5 Å². The lowest BCUT2D eigenvalue weighted by Crippen LogP contribution is -2.58. The normalized spacial score (nSPS) is 21.7. The molecule has 0 unspecified atom stereocenters. The Balaban J connectivity index is 1.09. The van der Waals surface area contributed by atoms with Gasteiger partial charge < -0.3 is 20.5 Å². The molecule has 42 heavy (non-hydrogen) atoms. The fourth-order valence-corrected chi connectivity index (χ4v) is 6.24. The second-order valence-electron chi connectivity index (χ2n) is 11.2. The molecule has 10 nitrogen and oxygen atoms in total. The number of hydrogen-bond acceptors (Lipinski definition) is 8. The van der Waals surface area contributed by atoms with Crippen LogP contribution >= 0.6 is 0 Å². The summed E-state index contributed by atoms with van der Waals surface area (Å²) in [7, 11) is 0. The molecular formula is C29H33F3N10. The van der Waals surface area contributed by atoms with Gasteiger partial charge in [0.05, 0.1) is 29.9 Å². The van der Waals surface area contributed by atoms with Crippen LogP contribution in [-0.2, 0) is 18.3 Å². The minimum Gasteiger partial charge on any atom is -0.367 e. The first-order valence-electron chi connectivity index (χ1n) is 14.3. The number of halogens is 3. The Morgan fingerprint density at radius 1 is 1.19 bits per heavy atom. The van der Waals surface area contributed by atoms with Crippen molar-refractivity contribution in [1.82, 2.24) is 39.9 Å². The van der Waals surface area contributed by atoms with Crippen LogP contribution in [0, 0.1) is 11.3 Å². The maximum absolute atomic E-state index is 13.5. The molecule has 5 heterocycles. The molecule has 0 radical (unpaired) electrons. The molecule has 0 amide bonds. The van der Waals surface area contributed by atoms with Crippen LogP contribution in [0.3, 0.4) is 0 Å². The number of piperidine rings is 1. The average molecular weight is 579 g/mol. The van der Waals surface area contributed by atoms with Crippen LogP contribution in [0.2, 0.25) is 0 Å². The van der Waals surface area contributed by atoms with Crippen LogP contribution in [-0.4, -0.2) is 66.3 Å². The monoisotopic (exact) mass is 578 g/mol. The van der Waals surface area contributed by atoms with Gasteiger partial charge in [0.15, 0.2) is 0 Å². The molecule has 0 spiro atoms. The van der Waals surface area contributed by atoms with Gasteiger partial charge in [-0.2, -0.15) is 23.5 Å². The Morgan fingerprint density at radius 2 is 2.00 bits per heavy atom. The second-order valence-corrected chi connectivity index (χ2v) is 11.2. The lowest BCUT2D eigenvalue weighted by atomic mass is 9.69. The van der Waals surface area contributed by atoms with E-state index in [2.05, 4.69) is 46.6 Å². The topological polar surface area (TPSA) is 123 Å². The highest BCUT2D eigenvalue weighted by Crippen LogP contribution is 2.45. The molecule has 1 aliphatic heterocycles. The van der Waals surface area contributed by atoms with E-state index in [0.29, 0.717) is 31.1 Å². The summed E-state index contributed by atoms with van der Waals surface area (Å²) in [5, 5.41) is 21.6. The third kappa shape index (κ3) is 5.56. The largest absolute Gasteiger partial charge is 0.433 e. The van der Waals surface area contributed by atoms with Gasteiger partial charge in [0, 0.05) is 55.1 Å². The molecule has 13 heteroatoms. The van der Waals surface area contributed by atoms with E-state index in [1.54, 1.807) is 12.3 Å². The van der Waals surface area contributed by atoms with E-state index >= 15 is 0 Å². The van der Waals surface area contributed by atoms with Crippen LogP contribution in [0.4, 0.5) is 19.0 Å². The fraction of sp³-hybridized carbons (Fsp3) is 0.483. The van der Waals surface area contributed by atoms with E-state index < -0.39 is 11.9 Å². The number of fused-ring (bicyclic) bond motifs is 1. The zero-order valence-corrected chi connectivity index (χ0v) is 23.3. The maximum atomic E-state index is 13.5. The quantitative estimate of drug-likeness (QED) is 0.261. The molecule has 3 N–H and O–H groups in total. The van der Waals surface area contributed by atoms with E-state index in [9.17, 15) is 18.4 Å². The van der Waals surface area contributed by atoms with Crippen LogP contribution in [0.25, 0.3) is 22.3 Å². The van der Waals surface area contributed by atoms with Gasteiger partial charge in [-0.15, -0.1) is 0 Å². The molecule has 4 aromatic rings. The molecule has 220 valence electrons. The zero-order valence-electron chi connectivity index (χ0n) is 23.3. The van der Waals surface area contributed by atoms with Gasteiger partial charge in [0.25, 0.3) is 0 Å². The second kappa shape index (κ2) is 11.3. The van der Waals surface area contributed by atoms with Crippen LogP contribution < -0.4 is 10.6 Å². The number of nitriles is 1. The first kappa shape index (κ1) is 28.1. The third-order valence-electron chi connectivity index (χ3n) is 8.49. The number of H-pyrrole nitrogens is 1. The van der Waals surface area contributed by atoms with E-state index in [1.807, 2.05) is 30.1 Å². The van der Waals surface area contributed by atoms with Gasteiger partial charge >= 0.3 is 6.18 Å². The summed E-state index contributed by atoms with van der Waals surface area (Å²) in [6.07, 6.45) is 6.22. The maximum Gasteiger partial charge on any atom is 0.433 e. The minimum atomic E-state index is -4.50. The highest BCUT2D eigenvalue weighted by molar-refractivity contribution is 5.90. The Hall–Kier alpha value is -4.02. The average Bonchev–Trinajstić information content (AvgIpc) is 3.64. The van der Waals surface area contributed by atoms with Crippen molar-refractivity contribution in [2.45, 2.75) is 69.4 Å². The molecule has 1 saturated carbocycles. The van der Waals surface area contributed by atoms with Gasteiger partial charge in [-0.05, 0) is 56.0 Å². The summed E-state index contributed by atoms with van der Waals surface area (Å²) in [5.41, 5.74) is 1.75. The minimum absolute atomic E-state index is 0.0416. The third-order valence-corrected chi connectivity index (χ3v) is 8.49. The lowest BCUT2D eigenvalue weighted by Gasteiger charge is -2.52. The molecule has 0 atom stereocenters. The highest BCUT2D eigenvalue weighted by atomic mass is 19.4. The van der Waals surface area contributed by atoms with Crippen molar-refractivity contribution in [2.24, 2.45) is 0 Å². The zero-order chi connectivity index (χ0) is 29.3. The predicted octanol–water partition coefficient (Wildman–Crippen LogP) is 4.69. The molecule has 1 saturated heterocycles. The number of aromatic amines is 1. The van der Waals surface area contributed by atoms with E-state index in [0.717, 1.165) is 67.1 Å². The Morgan fingerprint density at radius 3 is 2.74 bits per heavy atom. The van der Waals surface area contributed by atoms with Crippen molar-refractivity contribution < 1.29 is 13.2 Å². The smallest absolute Gasteiger partial charge is 0.367 e. The number of pyridine rings is 1. The standard InChI is InChI=1S/C29H33F3N10/c1-2-34-15-19-11-24(29(30,31)32)40-25(12-19)39-21-4-9-41(10-5-21)22-13-28(14-22,6-7-33)42-17-20(16-38-42)26-23-3-8-35-27(23)37-18-36-26/h3,8,11-12,16-18,21-22,34H,2,4-6,9-10,13-15H2,1H3,(H,39,40)(H,35,36,37). The van der Waals surface area contributed by atoms with Gasteiger partial charge in [-0.25, -0.2) is 15.0 Å². The molecule has 4 aromatic heterocycles. The highest BCUT2D eigenvalue weighted by Gasteiger charge is 2.49. The SMILES string of the molecule is CCNCc1cc(NC2CCN(C3CC(CC#N)(n4cc(-c5ncnc6[nH]ccc56)cn4)C3)CC2)nc(C(F)(F)F)c1. The van der Waals surface area contributed by atoms with E-state index in [4.69, 9.17) is 0 Å². The Bertz CT molecular complexity index is 1570. The number of nitrogens with zero attached hydrogens (tertiary/aromatic N) is 7. The van der Waals surface area contributed by atoms with Crippen molar-refractivity contribution in [1.29, 1.82) is 5.26 Å². The van der Waals surface area contributed by atoms with Crippen LogP contribution in [0.15, 0.2) is 43.1 Å². The van der Waals surface area contributed by atoms with Crippen molar-refractivity contribution in [3.63, 3.8) is 0 Å². The molecular weight excluding hydrogens is 545 g/mol. The van der Waals surface area contributed by atoms with Crippen LogP contribution in [0.1, 0.15) is 50.3 Å². The summed E-state index contributed by atoms with van der Waals surface area (Å²) in [6, 6.07) is 7.48. The van der Waals surface area contributed by atoms with Gasteiger partial charge in [-0.1, -0.05) is 6.92 Å². The van der Waals surface area contributed by atoms with Gasteiger partial charge in [-0.3, -0.25) is 4.68 Å². The summed E-state index contributed by atoms with van der Waals surface area (Å²) < 4.78 is 42.3. The first-order chi connectivity index (χ1) is 20.3. The predicted molar refractivity (Wildman–Crippen MR) is 151 cm³/mol. The van der Waals surface area contributed by atoms with Crippen molar-refractivity contribution >= 4 is 16.9 Å². The molecule has 0 bridgehead atoms. The fourth-order valence-electron chi connectivity index (χ4n) is 6.24. The molecule has 1 aliphatic carbocycles. The Kier molecular flexibility index (Phi) is 7.59. The number of hydrogen-bond donors (Lipinski definition) is 3. The number of alkyl halides is 3. The van der Waals surface area contributed by atoms with Crippen molar-refractivity contribution in [2.75, 3.05) is 25.0 Å². The molecule has 6 rings (SSSR count). The summed E-state index contributed by atoms with van der Waals surface area (Å²) >= 11 is 0. The van der Waals surface area contributed by atoms with Crippen molar-refractivity contribution in [3.8, 4) is 17.3 Å². The number of rotatable bonds is 9. The molecule has 2 fully saturated rings. The summed E-state index contributed by atoms with van der Waals surface area (Å²) in [5.74, 6) is 0.267. The van der Waals surface area contributed by atoms with E-state index in [1.165, 1.54) is 6.33 Å². The van der Waals surface area contributed by atoms with Crippen LogP contribution in [0.5, 0.6) is 0 Å². The first-order valence-corrected chi connectivity index (χ1v) is 14.3. The summed E-state index contributed by atoms with van der Waals surface area (Å²) in [4.78, 5) is 18.1. The number of aromatic nitrogens is 6. The number of anilines is 1. The lowest BCUT2D eigenvalue weighted by molar-refractivity contribution is -0.141.